The smallest absolute Gasteiger partial charge is 0.127 e. The van der Waals surface area contributed by atoms with Crippen LogP contribution in [0.5, 0.6) is 11.5 Å². The van der Waals surface area contributed by atoms with E-state index in [1.807, 2.05) is 35.1 Å². The van der Waals surface area contributed by atoms with Crippen LogP contribution in [-0.4, -0.2) is 24.0 Å². The van der Waals surface area contributed by atoms with Gasteiger partial charge in [-0.3, -0.25) is 4.68 Å². The molecule has 1 heterocycles. The van der Waals surface area contributed by atoms with Crippen molar-refractivity contribution >= 4 is 0 Å². The van der Waals surface area contributed by atoms with Gasteiger partial charge >= 0.3 is 0 Å². The van der Waals surface area contributed by atoms with E-state index < -0.39 is 0 Å². The Morgan fingerprint density at radius 3 is 2.75 bits per heavy atom. The van der Waals surface area contributed by atoms with Gasteiger partial charge in [0.2, 0.25) is 0 Å². The van der Waals surface area contributed by atoms with Crippen molar-refractivity contribution in [1.82, 2.24) is 9.78 Å². The molecule has 0 radical (unpaired) electrons. The van der Waals surface area contributed by atoms with Crippen LogP contribution in [-0.2, 0) is 6.54 Å². The van der Waals surface area contributed by atoms with Crippen molar-refractivity contribution in [2.24, 2.45) is 0 Å². The first-order valence-electron chi connectivity index (χ1n) is 5.02. The summed E-state index contributed by atoms with van der Waals surface area (Å²) in [4.78, 5) is 0. The molecule has 0 aliphatic heterocycles. The summed E-state index contributed by atoms with van der Waals surface area (Å²) in [7, 11) is 3.29. The zero-order valence-corrected chi connectivity index (χ0v) is 9.38. The minimum absolute atomic E-state index is 0.695. The second kappa shape index (κ2) is 4.70. The van der Waals surface area contributed by atoms with E-state index in [1.54, 1.807) is 20.4 Å². The summed E-state index contributed by atoms with van der Waals surface area (Å²) >= 11 is 0. The van der Waals surface area contributed by atoms with Crippen LogP contribution in [0.2, 0.25) is 0 Å². The summed E-state index contributed by atoms with van der Waals surface area (Å²) in [5.74, 6) is 1.61. The van der Waals surface area contributed by atoms with Gasteiger partial charge in [0.25, 0.3) is 0 Å². The van der Waals surface area contributed by atoms with E-state index >= 15 is 0 Å². The van der Waals surface area contributed by atoms with Gasteiger partial charge in [-0.15, -0.1) is 0 Å². The maximum Gasteiger partial charge on any atom is 0.127 e. The third kappa shape index (κ3) is 2.16. The van der Waals surface area contributed by atoms with E-state index in [1.165, 1.54) is 0 Å². The Labute approximate surface area is 94.4 Å². The van der Waals surface area contributed by atoms with Gasteiger partial charge in [0.1, 0.15) is 11.5 Å². The minimum atomic E-state index is 0.695. The number of methoxy groups -OCH3 is 2. The van der Waals surface area contributed by atoms with E-state index in [-0.39, 0.29) is 0 Å². The van der Waals surface area contributed by atoms with E-state index in [9.17, 15) is 0 Å². The SMILES string of the molecule is COc1ccc(Cn2cccn2)c(OC)c1. The van der Waals surface area contributed by atoms with Crippen LogP contribution < -0.4 is 9.47 Å². The maximum absolute atomic E-state index is 5.32. The molecule has 0 spiro atoms. The summed E-state index contributed by atoms with van der Waals surface area (Å²) in [6.45, 7) is 0.695. The Morgan fingerprint density at radius 2 is 2.12 bits per heavy atom. The molecule has 84 valence electrons. The minimum Gasteiger partial charge on any atom is -0.497 e. The molecule has 1 aromatic carbocycles. The average Bonchev–Trinajstić information content (AvgIpc) is 2.82. The molecule has 2 rings (SSSR count). The van der Waals surface area contributed by atoms with Crippen LogP contribution in [0.4, 0.5) is 0 Å². The lowest BCUT2D eigenvalue weighted by Crippen LogP contribution is -2.02. The second-order valence-corrected chi connectivity index (χ2v) is 3.38. The normalized spacial score (nSPS) is 10.1. The summed E-state index contributed by atoms with van der Waals surface area (Å²) < 4.78 is 12.3. The lowest BCUT2D eigenvalue weighted by atomic mass is 10.2. The van der Waals surface area contributed by atoms with Gasteiger partial charge in [-0.2, -0.15) is 5.10 Å². The molecule has 0 amide bonds. The van der Waals surface area contributed by atoms with Crippen molar-refractivity contribution in [2.75, 3.05) is 14.2 Å². The zero-order chi connectivity index (χ0) is 11.4. The quantitative estimate of drug-likeness (QED) is 0.787. The molecule has 0 saturated heterocycles. The fraction of sp³-hybridized carbons (Fsp3) is 0.250. The molecule has 0 aliphatic carbocycles. The highest BCUT2D eigenvalue weighted by atomic mass is 16.5. The monoisotopic (exact) mass is 218 g/mol. The Bertz CT molecular complexity index is 452. The highest BCUT2D eigenvalue weighted by Gasteiger charge is 2.05. The maximum atomic E-state index is 5.32. The van der Waals surface area contributed by atoms with Gasteiger partial charge < -0.3 is 9.47 Å². The van der Waals surface area contributed by atoms with Crippen molar-refractivity contribution < 1.29 is 9.47 Å². The van der Waals surface area contributed by atoms with Crippen LogP contribution >= 0.6 is 0 Å². The molecule has 0 N–H and O–H groups in total. The Kier molecular flexibility index (Phi) is 3.10. The zero-order valence-electron chi connectivity index (χ0n) is 9.38. The molecule has 0 aliphatic rings. The first-order chi connectivity index (χ1) is 7.83. The second-order valence-electron chi connectivity index (χ2n) is 3.38. The predicted octanol–water partition coefficient (Wildman–Crippen LogP) is 1.95. The number of rotatable bonds is 4. The van der Waals surface area contributed by atoms with Crippen molar-refractivity contribution in [3.05, 3.63) is 42.2 Å². The molecule has 2 aromatic rings. The van der Waals surface area contributed by atoms with Gasteiger partial charge in [0, 0.05) is 24.0 Å². The molecule has 0 saturated carbocycles. The first kappa shape index (κ1) is 10.5. The number of hydrogen-bond acceptors (Lipinski definition) is 3. The third-order valence-electron chi connectivity index (χ3n) is 2.39. The fourth-order valence-corrected chi connectivity index (χ4v) is 1.55. The fourth-order valence-electron chi connectivity index (χ4n) is 1.55. The highest BCUT2D eigenvalue weighted by Crippen LogP contribution is 2.24. The van der Waals surface area contributed by atoms with E-state index in [4.69, 9.17) is 9.47 Å². The molecule has 0 bridgehead atoms. The predicted molar refractivity (Wildman–Crippen MR) is 60.9 cm³/mol. The number of ether oxygens (including phenoxy) is 2. The van der Waals surface area contributed by atoms with Crippen LogP contribution in [0.25, 0.3) is 0 Å². The van der Waals surface area contributed by atoms with E-state index in [0.29, 0.717) is 6.54 Å². The Hall–Kier alpha value is -1.97. The lowest BCUT2D eigenvalue weighted by Gasteiger charge is -2.10. The first-order valence-corrected chi connectivity index (χ1v) is 5.02. The van der Waals surface area contributed by atoms with Crippen molar-refractivity contribution in [1.29, 1.82) is 0 Å². The van der Waals surface area contributed by atoms with Crippen molar-refractivity contribution in [3.63, 3.8) is 0 Å². The number of aromatic nitrogens is 2. The third-order valence-corrected chi connectivity index (χ3v) is 2.39. The molecule has 16 heavy (non-hydrogen) atoms. The molecule has 0 atom stereocenters. The number of nitrogens with zero attached hydrogens (tertiary/aromatic N) is 2. The van der Waals surface area contributed by atoms with Gasteiger partial charge in [-0.1, -0.05) is 0 Å². The highest BCUT2D eigenvalue weighted by molar-refractivity contribution is 5.40. The topological polar surface area (TPSA) is 36.3 Å². The van der Waals surface area contributed by atoms with Crippen LogP contribution in [0, 0.1) is 0 Å². The van der Waals surface area contributed by atoms with Crippen molar-refractivity contribution in [3.8, 4) is 11.5 Å². The van der Waals surface area contributed by atoms with E-state index in [2.05, 4.69) is 5.10 Å². The van der Waals surface area contributed by atoms with Gasteiger partial charge in [-0.05, 0) is 18.2 Å². The van der Waals surface area contributed by atoms with Crippen LogP contribution in [0.1, 0.15) is 5.56 Å². The van der Waals surface area contributed by atoms with Crippen LogP contribution in [0.15, 0.2) is 36.7 Å². The van der Waals surface area contributed by atoms with Crippen molar-refractivity contribution in [2.45, 2.75) is 6.54 Å². The molecule has 0 fully saturated rings. The molecule has 4 nitrogen and oxygen atoms in total. The summed E-state index contributed by atoms with van der Waals surface area (Å²) in [5, 5.41) is 4.16. The standard InChI is InChI=1S/C12H14N2O2/c1-15-11-5-4-10(12(8-11)16-2)9-14-7-3-6-13-14/h3-8H,9H2,1-2H3. The summed E-state index contributed by atoms with van der Waals surface area (Å²) in [5.41, 5.74) is 1.08. The van der Waals surface area contributed by atoms with Gasteiger partial charge in [-0.25, -0.2) is 0 Å². The molecule has 4 heteroatoms. The van der Waals surface area contributed by atoms with Gasteiger partial charge in [0.05, 0.1) is 20.8 Å². The molecule has 0 unspecified atom stereocenters. The molecular formula is C12H14N2O2. The summed E-state index contributed by atoms with van der Waals surface area (Å²) in [6, 6.07) is 7.68. The molecule has 1 aromatic heterocycles. The Balaban J connectivity index is 2.26. The molecular weight excluding hydrogens is 204 g/mol. The average molecular weight is 218 g/mol. The van der Waals surface area contributed by atoms with Crippen LogP contribution in [0.3, 0.4) is 0 Å². The number of hydrogen-bond donors (Lipinski definition) is 0. The Morgan fingerprint density at radius 1 is 1.25 bits per heavy atom. The number of benzene rings is 1. The van der Waals surface area contributed by atoms with E-state index in [0.717, 1.165) is 17.1 Å². The largest absolute Gasteiger partial charge is 0.497 e. The summed E-state index contributed by atoms with van der Waals surface area (Å²) in [6.07, 6.45) is 3.68. The van der Waals surface area contributed by atoms with Gasteiger partial charge in [0.15, 0.2) is 0 Å². The lowest BCUT2D eigenvalue weighted by molar-refractivity contribution is 0.389.